The van der Waals surface area contributed by atoms with Gasteiger partial charge in [-0.05, 0) is 32.4 Å². The smallest absolute Gasteiger partial charge is 0.338 e. The van der Waals surface area contributed by atoms with Gasteiger partial charge in [0, 0.05) is 11.6 Å². The molecule has 0 saturated carbocycles. The van der Waals surface area contributed by atoms with E-state index in [0.717, 1.165) is 0 Å². The number of nitrogens with zero attached hydrogens (tertiary/aromatic N) is 2. The van der Waals surface area contributed by atoms with Crippen LogP contribution >= 0.6 is 0 Å². The highest BCUT2D eigenvalue weighted by Crippen LogP contribution is 2.41. The highest BCUT2D eigenvalue weighted by atomic mass is 16.5. The summed E-state index contributed by atoms with van der Waals surface area (Å²) >= 11 is 0. The van der Waals surface area contributed by atoms with E-state index >= 15 is 0 Å². The minimum absolute atomic E-state index is 0.00328. The minimum Gasteiger partial charge on any atom is -0.465 e. The fourth-order valence-corrected chi connectivity index (χ4v) is 3.50. The molecule has 160 valence electrons. The molecule has 30 heavy (non-hydrogen) atoms. The molecule has 0 N–H and O–H groups in total. The lowest BCUT2D eigenvalue weighted by molar-refractivity contribution is -0.146. The Balaban J connectivity index is 2.82. The van der Waals surface area contributed by atoms with E-state index in [4.69, 9.17) is 14.2 Å². The number of nitroso groups, excluding NO2 is 1. The minimum atomic E-state index is -0.995. The lowest BCUT2D eigenvalue weighted by Crippen LogP contribution is -2.37. The predicted octanol–water partition coefficient (Wildman–Crippen LogP) is 2.79. The molecule has 0 bridgehead atoms. The molecule has 1 aromatic carbocycles. The standard InChI is InChI=1S/C21H24N2O7/c1-5-29-20(25)16-12(3)23-15(11-22-27)18(21(26)30-6-2)17(16)13-9-7-8-10-14(13)19(24)28-4/h7-10,16-17H,5-6,11H2,1-4H3. The van der Waals surface area contributed by atoms with Crippen molar-refractivity contribution in [2.45, 2.75) is 26.7 Å². The van der Waals surface area contributed by atoms with Crippen LogP contribution in [0.3, 0.4) is 0 Å². The zero-order chi connectivity index (χ0) is 22.3. The molecule has 9 heteroatoms. The Morgan fingerprint density at radius 2 is 1.73 bits per heavy atom. The van der Waals surface area contributed by atoms with Gasteiger partial charge in [-0.1, -0.05) is 23.4 Å². The second-order valence-electron chi connectivity index (χ2n) is 6.41. The van der Waals surface area contributed by atoms with Crippen LogP contribution in [0.1, 0.15) is 42.6 Å². The number of methoxy groups -OCH3 is 1. The van der Waals surface area contributed by atoms with Crippen molar-refractivity contribution in [3.05, 3.63) is 51.6 Å². The van der Waals surface area contributed by atoms with Gasteiger partial charge >= 0.3 is 17.9 Å². The van der Waals surface area contributed by atoms with E-state index in [1.807, 2.05) is 0 Å². The molecule has 0 radical (unpaired) electrons. The van der Waals surface area contributed by atoms with Crippen molar-refractivity contribution in [3.8, 4) is 0 Å². The highest BCUT2D eigenvalue weighted by molar-refractivity contribution is 6.07. The Hall–Kier alpha value is -3.36. The second-order valence-corrected chi connectivity index (χ2v) is 6.41. The summed E-state index contributed by atoms with van der Waals surface area (Å²) in [6, 6.07) is 6.46. The van der Waals surface area contributed by atoms with Crippen LogP contribution in [-0.2, 0) is 23.8 Å². The molecule has 1 aromatic rings. The van der Waals surface area contributed by atoms with Crippen LogP contribution in [0.15, 0.2) is 45.7 Å². The summed E-state index contributed by atoms with van der Waals surface area (Å²) in [5.41, 5.74) is 0.963. The molecule has 0 amide bonds. The average Bonchev–Trinajstić information content (AvgIpc) is 2.73. The number of hydrogen-bond acceptors (Lipinski definition) is 9. The van der Waals surface area contributed by atoms with Gasteiger partial charge in [-0.15, -0.1) is 0 Å². The lowest BCUT2D eigenvalue weighted by atomic mass is 9.74. The van der Waals surface area contributed by atoms with E-state index in [0.29, 0.717) is 11.3 Å². The monoisotopic (exact) mass is 416 g/mol. The molecule has 0 saturated heterocycles. The molecular weight excluding hydrogens is 392 g/mol. The molecule has 1 aliphatic rings. The van der Waals surface area contributed by atoms with Crippen LogP contribution in [0.2, 0.25) is 0 Å². The maximum atomic E-state index is 12.9. The third kappa shape index (κ3) is 4.61. The number of esters is 3. The first kappa shape index (κ1) is 22.9. The molecule has 0 aliphatic carbocycles. The number of hydrogen-bond donors (Lipinski definition) is 0. The summed E-state index contributed by atoms with van der Waals surface area (Å²) in [5, 5.41) is 2.86. The van der Waals surface area contributed by atoms with Crippen molar-refractivity contribution in [1.82, 2.24) is 0 Å². The van der Waals surface area contributed by atoms with Crippen molar-refractivity contribution in [2.24, 2.45) is 16.1 Å². The number of carbonyl (C=O) groups excluding carboxylic acids is 3. The van der Waals surface area contributed by atoms with Crippen molar-refractivity contribution < 1.29 is 28.6 Å². The molecule has 2 unspecified atom stereocenters. The van der Waals surface area contributed by atoms with Gasteiger partial charge in [0.05, 0.1) is 37.2 Å². The zero-order valence-electron chi connectivity index (χ0n) is 17.3. The number of benzene rings is 1. The molecule has 1 heterocycles. The predicted molar refractivity (Wildman–Crippen MR) is 108 cm³/mol. The van der Waals surface area contributed by atoms with E-state index < -0.39 is 36.3 Å². The third-order valence-electron chi connectivity index (χ3n) is 4.67. The maximum Gasteiger partial charge on any atom is 0.338 e. The van der Waals surface area contributed by atoms with Crippen molar-refractivity contribution >= 4 is 23.6 Å². The Bertz CT molecular complexity index is 904. The van der Waals surface area contributed by atoms with Crippen LogP contribution in [0.5, 0.6) is 0 Å². The molecule has 9 nitrogen and oxygen atoms in total. The molecule has 1 aliphatic heterocycles. The first-order chi connectivity index (χ1) is 14.4. The molecular formula is C21H24N2O7. The molecule has 0 fully saturated rings. The largest absolute Gasteiger partial charge is 0.465 e. The highest BCUT2D eigenvalue weighted by Gasteiger charge is 2.44. The Morgan fingerprint density at radius 1 is 1.07 bits per heavy atom. The van der Waals surface area contributed by atoms with Gasteiger partial charge in [-0.3, -0.25) is 9.79 Å². The van der Waals surface area contributed by atoms with Crippen LogP contribution in [-0.4, -0.2) is 50.5 Å². The summed E-state index contributed by atoms with van der Waals surface area (Å²) in [6.07, 6.45) is 0. The van der Waals surface area contributed by atoms with Gasteiger partial charge < -0.3 is 14.2 Å². The zero-order valence-corrected chi connectivity index (χ0v) is 17.3. The van der Waals surface area contributed by atoms with Crippen molar-refractivity contribution in [2.75, 3.05) is 26.9 Å². The first-order valence-electron chi connectivity index (χ1n) is 9.49. The lowest BCUT2D eigenvalue weighted by Gasteiger charge is -2.32. The second kappa shape index (κ2) is 10.4. The first-order valence-corrected chi connectivity index (χ1v) is 9.49. The van der Waals surface area contributed by atoms with Crippen LogP contribution < -0.4 is 0 Å². The van der Waals surface area contributed by atoms with Gasteiger partial charge in [-0.25, -0.2) is 9.59 Å². The van der Waals surface area contributed by atoms with Gasteiger partial charge in [0.2, 0.25) is 0 Å². The Morgan fingerprint density at radius 3 is 2.33 bits per heavy atom. The Labute approximate surface area is 174 Å². The maximum absolute atomic E-state index is 12.9. The number of carbonyl (C=O) groups is 3. The SMILES string of the molecule is CCOC(=O)C1=C(CN=O)N=C(C)C(C(=O)OCC)C1c1ccccc1C(=O)OC. The van der Waals surface area contributed by atoms with Crippen LogP contribution in [0.25, 0.3) is 0 Å². The molecule has 2 atom stereocenters. The molecule has 2 rings (SSSR count). The van der Waals surface area contributed by atoms with Gasteiger partial charge in [0.25, 0.3) is 0 Å². The van der Waals surface area contributed by atoms with E-state index in [2.05, 4.69) is 10.2 Å². The third-order valence-corrected chi connectivity index (χ3v) is 4.67. The van der Waals surface area contributed by atoms with Crippen LogP contribution in [0.4, 0.5) is 0 Å². The summed E-state index contributed by atoms with van der Waals surface area (Å²) in [6.45, 7) is 4.69. The summed E-state index contributed by atoms with van der Waals surface area (Å²) < 4.78 is 15.3. The average molecular weight is 416 g/mol. The fourth-order valence-electron chi connectivity index (χ4n) is 3.50. The molecule has 0 aromatic heterocycles. The number of rotatable bonds is 8. The topological polar surface area (TPSA) is 121 Å². The summed E-state index contributed by atoms with van der Waals surface area (Å²) in [4.78, 5) is 53.5. The van der Waals surface area contributed by atoms with Crippen molar-refractivity contribution in [3.63, 3.8) is 0 Å². The van der Waals surface area contributed by atoms with Crippen LogP contribution in [0, 0.1) is 10.8 Å². The Kier molecular flexibility index (Phi) is 7.97. The fraction of sp³-hybridized carbons (Fsp3) is 0.429. The van der Waals surface area contributed by atoms with Gasteiger partial charge in [-0.2, -0.15) is 4.91 Å². The number of ether oxygens (including phenoxy) is 3. The summed E-state index contributed by atoms with van der Waals surface area (Å²) in [5.74, 6) is -3.94. The number of aliphatic imine (C=N–C) groups is 1. The van der Waals surface area contributed by atoms with Crippen molar-refractivity contribution in [1.29, 1.82) is 0 Å². The van der Waals surface area contributed by atoms with E-state index in [9.17, 15) is 19.3 Å². The van der Waals surface area contributed by atoms with E-state index in [-0.39, 0.29) is 30.0 Å². The quantitative estimate of drug-likeness (QED) is 0.363. The van der Waals surface area contributed by atoms with E-state index in [1.165, 1.54) is 13.2 Å². The van der Waals surface area contributed by atoms with Gasteiger partial charge in [0.1, 0.15) is 12.5 Å². The van der Waals surface area contributed by atoms with E-state index in [1.54, 1.807) is 39.0 Å². The normalized spacial score (nSPS) is 18.3. The summed E-state index contributed by atoms with van der Waals surface area (Å²) in [7, 11) is 1.24. The van der Waals surface area contributed by atoms with Gasteiger partial charge in [0.15, 0.2) is 0 Å². The molecule has 0 spiro atoms.